The van der Waals surface area contributed by atoms with Gasteiger partial charge in [0.1, 0.15) is 0 Å². The molecular formula is C15H14N4O. The third kappa shape index (κ3) is 1.59. The molecule has 4 rings (SSSR count). The fourth-order valence-electron chi connectivity index (χ4n) is 3.03. The van der Waals surface area contributed by atoms with Crippen LogP contribution in [0.15, 0.2) is 24.4 Å². The van der Waals surface area contributed by atoms with E-state index < -0.39 is 0 Å². The van der Waals surface area contributed by atoms with Crippen LogP contribution in [0.25, 0.3) is 0 Å². The van der Waals surface area contributed by atoms with Crippen LogP contribution in [0.3, 0.4) is 0 Å². The number of hydrogen-bond donors (Lipinski definition) is 1. The zero-order chi connectivity index (χ0) is 13.7. The molecule has 2 aliphatic rings. The van der Waals surface area contributed by atoms with Gasteiger partial charge in [-0.2, -0.15) is 0 Å². The Morgan fingerprint density at radius 3 is 2.95 bits per heavy atom. The van der Waals surface area contributed by atoms with E-state index in [4.69, 9.17) is 5.73 Å². The van der Waals surface area contributed by atoms with Crippen molar-refractivity contribution < 1.29 is 4.79 Å². The summed E-state index contributed by atoms with van der Waals surface area (Å²) in [6.07, 6.45) is 4.97. The van der Waals surface area contributed by atoms with Crippen molar-refractivity contribution in [1.29, 1.82) is 0 Å². The molecule has 0 bridgehead atoms. The summed E-state index contributed by atoms with van der Waals surface area (Å²) in [5.74, 6) is 0.172. The minimum Gasteiger partial charge on any atom is -0.368 e. The number of amides is 1. The second kappa shape index (κ2) is 4.03. The fourth-order valence-corrected chi connectivity index (χ4v) is 3.03. The first-order chi connectivity index (χ1) is 9.72. The van der Waals surface area contributed by atoms with Crippen LogP contribution in [0.5, 0.6) is 0 Å². The van der Waals surface area contributed by atoms with Crippen LogP contribution < -0.4 is 10.6 Å². The molecular weight excluding hydrogens is 252 g/mol. The van der Waals surface area contributed by atoms with Crippen molar-refractivity contribution in [3.63, 3.8) is 0 Å². The predicted octanol–water partition coefficient (Wildman–Crippen LogP) is 1.71. The van der Waals surface area contributed by atoms with Crippen molar-refractivity contribution in [2.75, 3.05) is 10.6 Å². The van der Waals surface area contributed by atoms with Gasteiger partial charge in [0.2, 0.25) is 5.95 Å². The van der Waals surface area contributed by atoms with E-state index in [-0.39, 0.29) is 11.9 Å². The Bertz CT molecular complexity index is 726. The van der Waals surface area contributed by atoms with Crippen LogP contribution in [0.1, 0.15) is 33.6 Å². The third-order valence-electron chi connectivity index (χ3n) is 4.06. The number of rotatable bonds is 1. The van der Waals surface area contributed by atoms with Gasteiger partial charge in [-0.1, -0.05) is 6.07 Å². The van der Waals surface area contributed by atoms with Gasteiger partial charge in [0.05, 0.1) is 17.8 Å². The Morgan fingerprint density at radius 2 is 2.05 bits per heavy atom. The minimum atomic E-state index is -0.0436. The maximum atomic E-state index is 12.4. The Kier molecular flexibility index (Phi) is 2.30. The van der Waals surface area contributed by atoms with Crippen LogP contribution in [0, 0.1) is 0 Å². The summed E-state index contributed by atoms with van der Waals surface area (Å²) < 4.78 is 0. The highest BCUT2D eigenvalue weighted by Crippen LogP contribution is 2.31. The lowest BCUT2D eigenvalue weighted by Crippen LogP contribution is -2.23. The van der Waals surface area contributed by atoms with E-state index in [0.717, 1.165) is 18.5 Å². The first-order valence-electron chi connectivity index (χ1n) is 6.77. The van der Waals surface area contributed by atoms with Crippen LogP contribution in [0.4, 0.5) is 11.6 Å². The van der Waals surface area contributed by atoms with Crippen molar-refractivity contribution in [3.05, 3.63) is 46.8 Å². The maximum Gasteiger partial charge on any atom is 0.262 e. The monoisotopic (exact) mass is 266 g/mol. The molecule has 0 radical (unpaired) electrons. The molecule has 1 aliphatic carbocycles. The average molecular weight is 266 g/mol. The molecule has 100 valence electrons. The summed E-state index contributed by atoms with van der Waals surface area (Å²) in [5.41, 5.74) is 10.5. The molecule has 0 atom stereocenters. The minimum absolute atomic E-state index is 0.0436. The highest BCUT2D eigenvalue weighted by atomic mass is 16.2. The summed E-state index contributed by atoms with van der Waals surface area (Å²) in [5, 5.41) is 0. The molecule has 0 fully saturated rings. The van der Waals surface area contributed by atoms with Crippen molar-refractivity contribution in [2.45, 2.75) is 25.8 Å². The van der Waals surface area contributed by atoms with Gasteiger partial charge < -0.3 is 10.6 Å². The topological polar surface area (TPSA) is 72.1 Å². The van der Waals surface area contributed by atoms with Gasteiger partial charge >= 0.3 is 0 Å². The number of nitrogen functional groups attached to an aromatic ring is 1. The molecule has 1 aliphatic heterocycles. The van der Waals surface area contributed by atoms with Crippen LogP contribution in [-0.2, 0) is 19.4 Å². The number of carbonyl (C=O) groups is 1. The van der Waals surface area contributed by atoms with Gasteiger partial charge in [0, 0.05) is 11.9 Å². The lowest BCUT2D eigenvalue weighted by Gasteiger charge is -2.16. The number of hydrogen-bond acceptors (Lipinski definition) is 4. The lowest BCUT2D eigenvalue weighted by molar-refractivity contribution is 0.0996. The highest BCUT2D eigenvalue weighted by molar-refractivity contribution is 6.09. The molecule has 1 aromatic carbocycles. The van der Waals surface area contributed by atoms with Crippen LogP contribution in [0.2, 0.25) is 0 Å². The lowest BCUT2D eigenvalue weighted by atomic mass is 10.1. The molecule has 20 heavy (non-hydrogen) atoms. The SMILES string of the molecule is Nc1ncc2c(n1)CN(c1ccc3c(c1)CCC3)C2=O. The number of carbonyl (C=O) groups excluding carboxylic acids is 1. The summed E-state index contributed by atoms with van der Waals surface area (Å²) in [4.78, 5) is 22.2. The smallest absolute Gasteiger partial charge is 0.262 e. The van der Waals surface area contributed by atoms with Crippen LogP contribution in [-0.4, -0.2) is 15.9 Å². The Labute approximate surface area is 116 Å². The summed E-state index contributed by atoms with van der Waals surface area (Å²) >= 11 is 0. The first-order valence-corrected chi connectivity index (χ1v) is 6.77. The number of aromatic nitrogens is 2. The third-order valence-corrected chi connectivity index (χ3v) is 4.06. The molecule has 0 saturated carbocycles. The van der Waals surface area contributed by atoms with E-state index in [9.17, 15) is 4.79 Å². The molecule has 0 unspecified atom stereocenters. The van der Waals surface area contributed by atoms with E-state index in [1.165, 1.54) is 23.7 Å². The second-order valence-corrected chi connectivity index (χ2v) is 5.29. The fraction of sp³-hybridized carbons (Fsp3) is 0.267. The number of nitrogens with two attached hydrogens (primary N) is 1. The van der Waals surface area contributed by atoms with Crippen molar-refractivity contribution in [2.24, 2.45) is 0 Å². The number of anilines is 2. The Hall–Kier alpha value is -2.43. The van der Waals surface area contributed by atoms with Crippen molar-refractivity contribution >= 4 is 17.5 Å². The molecule has 1 aromatic heterocycles. The van der Waals surface area contributed by atoms with E-state index in [0.29, 0.717) is 17.8 Å². The highest BCUT2D eigenvalue weighted by Gasteiger charge is 2.30. The molecule has 5 nitrogen and oxygen atoms in total. The molecule has 0 spiro atoms. The molecule has 2 heterocycles. The van der Waals surface area contributed by atoms with E-state index in [1.807, 2.05) is 6.07 Å². The zero-order valence-corrected chi connectivity index (χ0v) is 11.0. The summed E-state index contributed by atoms with van der Waals surface area (Å²) in [7, 11) is 0. The Balaban J connectivity index is 1.73. The van der Waals surface area contributed by atoms with Crippen molar-refractivity contribution in [1.82, 2.24) is 9.97 Å². The molecule has 5 heteroatoms. The van der Waals surface area contributed by atoms with E-state index in [2.05, 4.69) is 22.1 Å². The van der Waals surface area contributed by atoms with Gasteiger partial charge in [-0.05, 0) is 42.5 Å². The zero-order valence-electron chi connectivity index (χ0n) is 11.0. The quantitative estimate of drug-likeness (QED) is 0.852. The number of aryl methyl sites for hydroxylation is 2. The molecule has 0 saturated heterocycles. The summed E-state index contributed by atoms with van der Waals surface area (Å²) in [6.45, 7) is 0.472. The average Bonchev–Trinajstić information content (AvgIpc) is 3.02. The molecule has 2 N–H and O–H groups in total. The first kappa shape index (κ1) is 11.4. The number of nitrogens with zero attached hydrogens (tertiary/aromatic N) is 3. The standard InChI is InChI=1S/C15H14N4O/c16-15-17-7-12-13(18-15)8-19(14(12)20)11-5-4-9-2-1-3-10(9)6-11/h4-7H,1-3,8H2,(H2,16,17,18). The Morgan fingerprint density at radius 1 is 1.20 bits per heavy atom. The van der Waals surface area contributed by atoms with Gasteiger partial charge in [0.25, 0.3) is 5.91 Å². The van der Waals surface area contributed by atoms with Gasteiger partial charge in [-0.3, -0.25) is 4.79 Å². The van der Waals surface area contributed by atoms with Crippen LogP contribution >= 0.6 is 0 Å². The predicted molar refractivity (Wildman–Crippen MR) is 75.4 cm³/mol. The van der Waals surface area contributed by atoms with E-state index in [1.54, 1.807) is 4.90 Å². The van der Waals surface area contributed by atoms with Crippen molar-refractivity contribution in [3.8, 4) is 0 Å². The normalized spacial score (nSPS) is 16.4. The molecule has 1 amide bonds. The van der Waals surface area contributed by atoms with E-state index >= 15 is 0 Å². The van der Waals surface area contributed by atoms with Gasteiger partial charge in [-0.25, -0.2) is 9.97 Å². The number of benzene rings is 1. The second-order valence-electron chi connectivity index (χ2n) is 5.29. The van der Waals surface area contributed by atoms with Gasteiger partial charge in [-0.15, -0.1) is 0 Å². The number of fused-ring (bicyclic) bond motifs is 2. The maximum absolute atomic E-state index is 12.4. The van der Waals surface area contributed by atoms with Gasteiger partial charge in [0.15, 0.2) is 0 Å². The largest absolute Gasteiger partial charge is 0.368 e. The molecule has 2 aromatic rings. The summed E-state index contributed by atoms with van der Waals surface area (Å²) in [6, 6.07) is 6.28.